The van der Waals surface area contributed by atoms with Crippen molar-refractivity contribution in [1.82, 2.24) is 5.32 Å². The number of ether oxygens (including phenoxy) is 1. The first kappa shape index (κ1) is 13.5. The van der Waals surface area contributed by atoms with Crippen LogP contribution >= 0.6 is 0 Å². The van der Waals surface area contributed by atoms with Crippen LogP contribution in [0.3, 0.4) is 0 Å². The van der Waals surface area contributed by atoms with Gasteiger partial charge in [-0.2, -0.15) is 0 Å². The van der Waals surface area contributed by atoms with E-state index in [4.69, 9.17) is 4.74 Å². The maximum absolute atomic E-state index is 12.2. The number of hydrogen-bond donors (Lipinski definition) is 2. The molecule has 0 saturated carbocycles. The number of nitrogens with one attached hydrogen (secondary N) is 2. The zero-order chi connectivity index (χ0) is 14.7. The predicted octanol–water partition coefficient (Wildman–Crippen LogP) is 3.50. The van der Waals surface area contributed by atoms with Crippen LogP contribution in [0.15, 0.2) is 48.5 Å². The monoisotopic (exact) mass is 282 g/mol. The van der Waals surface area contributed by atoms with Crippen LogP contribution in [0.4, 0.5) is 10.5 Å². The van der Waals surface area contributed by atoms with Crippen LogP contribution in [0, 0.1) is 0 Å². The van der Waals surface area contributed by atoms with Gasteiger partial charge in [0.15, 0.2) is 0 Å². The fraction of sp³-hybridized carbons (Fsp3) is 0.235. The minimum absolute atomic E-state index is 0.0795. The van der Waals surface area contributed by atoms with E-state index in [0.29, 0.717) is 11.4 Å². The maximum Gasteiger partial charge on any atom is 0.319 e. The van der Waals surface area contributed by atoms with Gasteiger partial charge in [0, 0.05) is 0 Å². The number of para-hydroxylation sites is 2. The van der Waals surface area contributed by atoms with E-state index in [9.17, 15) is 4.79 Å². The van der Waals surface area contributed by atoms with E-state index in [1.807, 2.05) is 36.4 Å². The number of carbonyl (C=O) groups is 1. The van der Waals surface area contributed by atoms with Crippen molar-refractivity contribution in [3.05, 3.63) is 59.7 Å². The standard InChI is InChI=1S/C17H18N2O2/c1-21-16-9-5-4-8-15(16)19-17(20)18-14-11-10-12-6-2-3-7-13(12)14/h2-9,14H,10-11H2,1H3,(H2,18,19,20)/t14-/m1/s1. The smallest absolute Gasteiger partial charge is 0.319 e. The second kappa shape index (κ2) is 5.87. The zero-order valence-electron chi connectivity index (χ0n) is 11.9. The Hall–Kier alpha value is -2.49. The van der Waals surface area contributed by atoms with Gasteiger partial charge in [0.05, 0.1) is 18.8 Å². The Kier molecular flexibility index (Phi) is 3.77. The fourth-order valence-electron chi connectivity index (χ4n) is 2.77. The largest absolute Gasteiger partial charge is 0.495 e. The van der Waals surface area contributed by atoms with Crippen molar-refractivity contribution in [2.75, 3.05) is 12.4 Å². The molecule has 4 heteroatoms. The molecule has 0 spiro atoms. The predicted molar refractivity (Wildman–Crippen MR) is 82.7 cm³/mol. The molecule has 2 N–H and O–H groups in total. The molecular formula is C17H18N2O2. The van der Waals surface area contributed by atoms with Crippen LogP contribution < -0.4 is 15.4 Å². The molecule has 1 atom stereocenters. The summed E-state index contributed by atoms with van der Waals surface area (Å²) in [5, 5.41) is 5.87. The second-order valence-corrected chi connectivity index (χ2v) is 5.09. The van der Waals surface area contributed by atoms with E-state index < -0.39 is 0 Å². The first-order chi connectivity index (χ1) is 10.3. The van der Waals surface area contributed by atoms with E-state index in [1.165, 1.54) is 11.1 Å². The molecule has 2 amide bonds. The van der Waals surface area contributed by atoms with Crippen LogP contribution in [0.5, 0.6) is 5.75 Å². The molecule has 2 aromatic carbocycles. The van der Waals surface area contributed by atoms with Gasteiger partial charge in [-0.1, -0.05) is 36.4 Å². The molecule has 0 radical (unpaired) electrons. The van der Waals surface area contributed by atoms with Gasteiger partial charge in [0.2, 0.25) is 0 Å². The molecule has 0 aliphatic heterocycles. The lowest BCUT2D eigenvalue weighted by atomic mass is 10.1. The van der Waals surface area contributed by atoms with E-state index in [0.717, 1.165) is 12.8 Å². The lowest BCUT2D eigenvalue weighted by molar-refractivity contribution is 0.248. The number of hydrogen-bond acceptors (Lipinski definition) is 2. The summed E-state index contributed by atoms with van der Waals surface area (Å²) >= 11 is 0. The van der Waals surface area contributed by atoms with Gasteiger partial charge >= 0.3 is 6.03 Å². The first-order valence-corrected chi connectivity index (χ1v) is 7.06. The Labute approximate surface area is 124 Å². The van der Waals surface area contributed by atoms with Crippen LogP contribution in [0.25, 0.3) is 0 Å². The van der Waals surface area contributed by atoms with Gasteiger partial charge < -0.3 is 15.4 Å². The number of aryl methyl sites for hydroxylation is 1. The highest BCUT2D eigenvalue weighted by molar-refractivity contribution is 5.91. The molecule has 1 aliphatic rings. The summed E-state index contributed by atoms with van der Waals surface area (Å²) in [6.07, 6.45) is 1.95. The SMILES string of the molecule is COc1ccccc1NC(=O)N[C@@H]1CCc2ccccc21. The molecule has 21 heavy (non-hydrogen) atoms. The van der Waals surface area contributed by atoms with E-state index in [2.05, 4.69) is 22.8 Å². The molecule has 0 aromatic heterocycles. The average molecular weight is 282 g/mol. The minimum Gasteiger partial charge on any atom is -0.495 e. The van der Waals surface area contributed by atoms with Crippen molar-refractivity contribution in [1.29, 1.82) is 0 Å². The molecule has 1 aliphatic carbocycles. The van der Waals surface area contributed by atoms with Crippen molar-refractivity contribution in [2.24, 2.45) is 0 Å². The first-order valence-electron chi connectivity index (χ1n) is 7.06. The van der Waals surface area contributed by atoms with Gasteiger partial charge in [-0.05, 0) is 36.1 Å². The highest BCUT2D eigenvalue weighted by Crippen LogP contribution is 2.31. The third kappa shape index (κ3) is 2.84. The van der Waals surface area contributed by atoms with Crippen LogP contribution in [0.2, 0.25) is 0 Å². The topological polar surface area (TPSA) is 50.4 Å². The Balaban J connectivity index is 1.68. The zero-order valence-corrected chi connectivity index (χ0v) is 11.9. The normalized spacial score (nSPS) is 16.1. The van der Waals surface area contributed by atoms with Gasteiger partial charge in [-0.25, -0.2) is 4.79 Å². The summed E-state index contributed by atoms with van der Waals surface area (Å²) in [7, 11) is 1.59. The molecule has 0 saturated heterocycles. The molecule has 108 valence electrons. The molecule has 4 nitrogen and oxygen atoms in total. The minimum atomic E-state index is -0.207. The molecule has 3 rings (SSSR count). The highest BCUT2D eigenvalue weighted by atomic mass is 16.5. The number of benzene rings is 2. The lowest BCUT2D eigenvalue weighted by Crippen LogP contribution is -2.31. The molecule has 0 bridgehead atoms. The Morgan fingerprint density at radius 1 is 1.14 bits per heavy atom. The fourth-order valence-corrected chi connectivity index (χ4v) is 2.77. The summed E-state index contributed by atoms with van der Waals surface area (Å²) in [6, 6.07) is 15.5. The van der Waals surface area contributed by atoms with Crippen LogP contribution in [0.1, 0.15) is 23.6 Å². The average Bonchev–Trinajstić information content (AvgIpc) is 2.91. The van der Waals surface area contributed by atoms with Crippen molar-refractivity contribution < 1.29 is 9.53 Å². The molecule has 0 fully saturated rings. The molecule has 0 unspecified atom stereocenters. The van der Waals surface area contributed by atoms with Crippen LogP contribution in [-0.4, -0.2) is 13.1 Å². The number of urea groups is 1. The molecular weight excluding hydrogens is 264 g/mol. The van der Waals surface area contributed by atoms with Crippen molar-refractivity contribution >= 4 is 11.7 Å². The van der Waals surface area contributed by atoms with E-state index in [1.54, 1.807) is 7.11 Å². The lowest BCUT2D eigenvalue weighted by Gasteiger charge is -2.16. The maximum atomic E-state index is 12.2. The third-order valence-corrected chi connectivity index (χ3v) is 3.79. The Bertz CT molecular complexity index is 655. The van der Waals surface area contributed by atoms with Crippen molar-refractivity contribution in [3.8, 4) is 5.75 Å². The highest BCUT2D eigenvalue weighted by Gasteiger charge is 2.23. The summed E-state index contributed by atoms with van der Waals surface area (Å²) in [5.41, 5.74) is 3.21. The van der Waals surface area contributed by atoms with E-state index >= 15 is 0 Å². The summed E-state index contributed by atoms with van der Waals surface area (Å²) in [6.45, 7) is 0. The summed E-state index contributed by atoms with van der Waals surface area (Å²) in [4.78, 5) is 12.2. The van der Waals surface area contributed by atoms with Crippen molar-refractivity contribution in [3.63, 3.8) is 0 Å². The number of amides is 2. The number of fused-ring (bicyclic) bond motifs is 1. The summed E-state index contributed by atoms with van der Waals surface area (Å²) < 4.78 is 5.23. The number of methoxy groups -OCH3 is 1. The van der Waals surface area contributed by atoms with Gasteiger partial charge in [-0.15, -0.1) is 0 Å². The van der Waals surface area contributed by atoms with Crippen LogP contribution in [-0.2, 0) is 6.42 Å². The number of rotatable bonds is 3. The molecule has 2 aromatic rings. The van der Waals surface area contributed by atoms with Gasteiger partial charge in [-0.3, -0.25) is 0 Å². The van der Waals surface area contributed by atoms with E-state index in [-0.39, 0.29) is 12.1 Å². The number of carbonyl (C=O) groups excluding carboxylic acids is 1. The molecule has 0 heterocycles. The Morgan fingerprint density at radius 2 is 1.90 bits per heavy atom. The second-order valence-electron chi connectivity index (χ2n) is 5.09. The summed E-state index contributed by atoms with van der Waals surface area (Å²) in [5.74, 6) is 0.652. The third-order valence-electron chi connectivity index (χ3n) is 3.79. The number of anilines is 1. The van der Waals surface area contributed by atoms with Gasteiger partial charge in [0.1, 0.15) is 5.75 Å². The van der Waals surface area contributed by atoms with Gasteiger partial charge in [0.25, 0.3) is 0 Å². The Morgan fingerprint density at radius 3 is 2.76 bits per heavy atom. The quantitative estimate of drug-likeness (QED) is 0.905. The van der Waals surface area contributed by atoms with Crippen molar-refractivity contribution in [2.45, 2.75) is 18.9 Å².